The zero-order chi connectivity index (χ0) is 20.2. The Bertz CT molecular complexity index is 824. The SMILES string of the molecule is COC(=O)c1cc(C(=O)OC)cc(S(=O)(=O)NC2(C(N)=O)CCCCC2)c1. The second kappa shape index (κ2) is 8.05. The number of nitrogens with one attached hydrogen (secondary N) is 1. The molecule has 1 amide bonds. The monoisotopic (exact) mass is 398 g/mol. The van der Waals surface area contributed by atoms with Crippen LogP contribution in [0.4, 0.5) is 0 Å². The molecule has 0 atom stereocenters. The molecule has 1 aromatic rings. The van der Waals surface area contributed by atoms with E-state index in [2.05, 4.69) is 14.2 Å². The van der Waals surface area contributed by atoms with Crippen LogP contribution in [0.25, 0.3) is 0 Å². The molecular formula is C17H22N2O7S. The lowest BCUT2D eigenvalue weighted by molar-refractivity contribution is -0.124. The van der Waals surface area contributed by atoms with Gasteiger partial charge >= 0.3 is 11.9 Å². The number of carbonyl (C=O) groups is 3. The van der Waals surface area contributed by atoms with Gasteiger partial charge in [-0.15, -0.1) is 0 Å². The van der Waals surface area contributed by atoms with E-state index in [1.54, 1.807) is 0 Å². The van der Waals surface area contributed by atoms with Crippen LogP contribution in [0.3, 0.4) is 0 Å². The maximum absolute atomic E-state index is 12.9. The lowest BCUT2D eigenvalue weighted by Gasteiger charge is -2.34. The standard InChI is InChI=1S/C17H22N2O7S/c1-25-14(20)11-8-12(15(21)26-2)10-13(9-11)27(23,24)19-17(16(18)22)6-4-3-5-7-17/h8-10,19H,3-7H2,1-2H3,(H2,18,22). The Morgan fingerprint density at radius 1 is 0.963 bits per heavy atom. The van der Waals surface area contributed by atoms with Crippen molar-refractivity contribution in [1.82, 2.24) is 4.72 Å². The number of hydrogen-bond acceptors (Lipinski definition) is 7. The van der Waals surface area contributed by atoms with Crippen LogP contribution in [0.5, 0.6) is 0 Å². The van der Waals surface area contributed by atoms with Crippen molar-refractivity contribution < 1.29 is 32.3 Å². The number of amides is 1. The fourth-order valence-electron chi connectivity index (χ4n) is 3.10. The summed E-state index contributed by atoms with van der Waals surface area (Å²) in [5, 5.41) is 0. The topological polar surface area (TPSA) is 142 Å². The van der Waals surface area contributed by atoms with Gasteiger partial charge in [0.2, 0.25) is 15.9 Å². The number of methoxy groups -OCH3 is 2. The van der Waals surface area contributed by atoms with Gasteiger partial charge in [0, 0.05) is 0 Å². The van der Waals surface area contributed by atoms with Crippen molar-refractivity contribution in [2.24, 2.45) is 5.73 Å². The molecule has 1 aromatic carbocycles. The van der Waals surface area contributed by atoms with Gasteiger partial charge in [-0.25, -0.2) is 18.0 Å². The number of hydrogen-bond donors (Lipinski definition) is 2. The molecule has 148 valence electrons. The van der Waals surface area contributed by atoms with Crippen LogP contribution >= 0.6 is 0 Å². The number of esters is 2. The van der Waals surface area contributed by atoms with E-state index < -0.39 is 33.4 Å². The van der Waals surface area contributed by atoms with E-state index in [1.807, 2.05) is 0 Å². The Kier molecular flexibility index (Phi) is 6.22. The second-order valence-electron chi connectivity index (χ2n) is 6.34. The predicted molar refractivity (Wildman–Crippen MR) is 94.5 cm³/mol. The molecule has 1 saturated carbocycles. The van der Waals surface area contributed by atoms with Gasteiger partial charge in [-0.2, -0.15) is 4.72 Å². The highest BCUT2D eigenvalue weighted by atomic mass is 32.2. The number of primary amides is 1. The Balaban J connectivity index is 2.51. The highest BCUT2D eigenvalue weighted by Crippen LogP contribution is 2.30. The van der Waals surface area contributed by atoms with E-state index in [-0.39, 0.29) is 28.9 Å². The molecule has 0 spiro atoms. The molecule has 0 aromatic heterocycles. The summed E-state index contributed by atoms with van der Waals surface area (Å²) < 4.78 is 37.4. The van der Waals surface area contributed by atoms with E-state index in [4.69, 9.17) is 5.73 Å². The normalized spacial score (nSPS) is 16.4. The fourth-order valence-corrected chi connectivity index (χ4v) is 4.60. The first-order valence-corrected chi connectivity index (χ1v) is 9.79. The van der Waals surface area contributed by atoms with Crippen molar-refractivity contribution in [2.75, 3.05) is 14.2 Å². The van der Waals surface area contributed by atoms with E-state index in [0.717, 1.165) is 32.8 Å². The van der Waals surface area contributed by atoms with Gasteiger partial charge in [-0.1, -0.05) is 19.3 Å². The Morgan fingerprint density at radius 3 is 1.85 bits per heavy atom. The van der Waals surface area contributed by atoms with Gasteiger partial charge in [0.25, 0.3) is 0 Å². The summed E-state index contributed by atoms with van der Waals surface area (Å²) in [7, 11) is -2.00. The molecule has 0 aliphatic heterocycles. The molecule has 2 rings (SSSR count). The Morgan fingerprint density at radius 2 is 1.44 bits per heavy atom. The quantitative estimate of drug-likeness (QED) is 0.673. The van der Waals surface area contributed by atoms with Crippen molar-refractivity contribution in [3.05, 3.63) is 29.3 Å². The third kappa shape index (κ3) is 4.45. The van der Waals surface area contributed by atoms with Gasteiger partial charge in [-0.3, -0.25) is 4.79 Å². The van der Waals surface area contributed by atoms with Gasteiger partial charge in [0.15, 0.2) is 0 Å². The second-order valence-corrected chi connectivity index (χ2v) is 8.02. The highest BCUT2D eigenvalue weighted by molar-refractivity contribution is 7.89. The molecule has 0 bridgehead atoms. The number of ether oxygens (including phenoxy) is 2. The predicted octanol–water partition coefficient (Wildman–Crippen LogP) is 0.726. The van der Waals surface area contributed by atoms with Crippen molar-refractivity contribution in [3.63, 3.8) is 0 Å². The molecule has 27 heavy (non-hydrogen) atoms. The third-order valence-corrected chi connectivity index (χ3v) is 6.08. The number of benzene rings is 1. The molecule has 3 N–H and O–H groups in total. The van der Waals surface area contributed by atoms with Crippen LogP contribution in [-0.4, -0.2) is 46.0 Å². The van der Waals surface area contributed by atoms with E-state index in [1.165, 1.54) is 6.07 Å². The van der Waals surface area contributed by atoms with Crippen LogP contribution < -0.4 is 10.5 Å². The maximum atomic E-state index is 12.9. The summed E-state index contributed by atoms with van der Waals surface area (Å²) in [6, 6.07) is 3.30. The van der Waals surface area contributed by atoms with Crippen LogP contribution in [0.1, 0.15) is 52.8 Å². The van der Waals surface area contributed by atoms with Gasteiger partial charge in [-0.05, 0) is 31.0 Å². The lowest BCUT2D eigenvalue weighted by Crippen LogP contribution is -2.58. The lowest BCUT2D eigenvalue weighted by atomic mass is 9.82. The van der Waals surface area contributed by atoms with Crippen molar-refractivity contribution in [3.8, 4) is 0 Å². The van der Waals surface area contributed by atoms with Crippen molar-refractivity contribution in [2.45, 2.75) is 42.5 Å². The first-order chi connectivity index (χ1) is 12.6. The Hall–Kier alpha value is -2.46. The summed E-state index contributed by atoms with van der Waals surface area (Å²) in [6.07, 6.45) is 2.74. The number of rotatable bonds is 6. The third-order valence-electron chi connectivity index (χ3n) is 4.57. The van der Waals surface area contributed by atoms with Gasteiger partial charge in [0.05, 0.1) is 30.2 Å². The minimum absolute atomic E-state index is 0.141. The van der Waals surface area contributed by atoms with Crippen LogP contribution in [0.2, 0.25) is 0 Å². The molecule has 0 unspecified atom stereocenters. The largest absolute Gasteiger partial charge is 0.465 e. The minimum Gasteiger partial charge on any atom is -0.465 e. The summed E-state index contributed by atoms with van der Waals surface area (Å²) in [5.74, 6) is -2.40. The summed E-state index contributed by atoms with van der Waals surface area (Å²) in [6.45, 7) is 0. The maximum Gasteiger partial charge on any atom is 0.337 e. The molecular weight excluding hydrogens is 376 g/mol. The zero-order valence-corrected chi connectivity index (χ0v) is 15.9. The average Bonchev–Trinajstić information content (AvgIpc) is 2.66. The fraction of sp³-hybridized carbons (Fsp3) is 0.471. The van der Waals surface area contributed by atoms with Crippen LogP contribution in [0.15, 0.2) is 23.1 Å². The summed E-state index contributed by atoms with van der Waals surface area (Å²) in [5.41, 5.74) is 3.79. The van der Waals surface area contributed by atoms with Crippen LogP contribution in [0, 0.1) is 0 Å². The molecule has 1 aliphatic rings. The molecule has 9 nitrogen and oxygen atoms in total. The number of nitrogens with two attached hydrogens (primary N) is 1. The number of sulfonamides is 1. The molecule has 0 saturated heterocycles. The van der Waals surface area contributed by atoms with E-state index in [0.29, 0.717) is 12.8 Å². The first kappa shape index (κ1) is 20.8. The van der Waals surface area contributed by atoms with Crippen molar-refractivity contribution >= 4 is 27.9 Å². The zero-order valence-electron chi connectivity index (χ0n) is 15.1. The molecule has 1 aliphatic carbocycles. The van der Waals surface area contributed by atoms with Crippen LogP contribution in [-0.2, 0) is 24.3 Å². The van der Waals surface area contributed by atoms with Gasteiger partial charge in [0.1, 0.15) is 5.54 Å². The highest BCUT2D eigenvalue weighted by Gasteiger charge is 2.42. The molecule has 1 fully saturated rings. The van der Waals surface area contributed by atoms with Gasteiger partial charge < -0.3 is 15.2 Å². The molecule has 0 radical (unpaired) electrons. The summed E-state index contributed by atoms with van der Waals surface area (Å²) in [4.78, 5) is 35.3. The average molecular weight is 398 g/mol. The molecule has 10 heteroatoms. The minimum atomic E-state index is -4.26. The number of carbonyl (C=O) groups excluding carboxylic acids is 3. The summed E-state index contributed by atoms with van der Waals surface area (Å²) >= 11 is 0. The first-order valence-electron chi connectivity index (χ1n) is 8.31. The van der Waals surface area contributed by atoms with Crippen molar-refractivity contribution in [1.29, 1.82) is 0 Å². The van der Waals surface area contributed by atoms with E-state index in [9.17, 15) is 22.8 Å². The Labute approximate surface area is 157 Å². The van der Waals surface area contributed by atoms with E-state index >= 15 is 0 Å². The molecule has 0 heterocycles. The smallest absolute Gasteiger partial charge is 0.337 e.